The van der Waals surface area contributed by atoms with E-state index in [4.69, 9.17) is 4.74 Å². The standard InChI is InChI=1S/C16H26N2O/c1-4-17-9-13-6-5-12(2)7-16(13)14-8-15(19-3)11-18-10-14/h8,10-13,16-17H,4-7,9H2,1-3H3. The van der Waals surface area contributed by atoms with Crippen LogP contribution in [-0.4, -0.2) is 25.2 Å². The number of aromatic nitrogens is 1. The fraction of sp³-hybridized carbons (Fsp3) is 0.688. The summed E-state index contributed by atoms with van der Waals surface area (Å²) in [5.74, 6) is 3.03. The second-order valence-electron chi connectivity index (χ2n) is 5.75. The maximum atomic E-state index is 5.31. The van der Waals surface area contributed by atoms with Gasteiger partial charge in [-0.05, 0) is 55.3 Å². The molecule has 3 atom stereocenters. The molecule has 1 heterocycles. The van der Waals surface area contributed by atoms with Crippen LogP contribution in [0.2, 0.25) is 0 Å². The fourth-order valence-electron chi connectivity index (χ4n) is 3.18. The first-order valence-electron chi connectivity index (χ1n) is 7.44. The van der Waals surface area contributed by atoms with Gasteiger partial charge >= 0.3 is 0 Å². The summed E-state index contributed by atoms with van der Waals surface area (Å²) >= 11 is 0. The summed E-state index contributed by atoms with van der Waals surface area (Å²) in [6, 6.07) is 2.16. The summed E-state index contributed by atoms with van der Waals surface area (Å²) < 4.78 is 5.31. The molecule has 0 radical (unpaired) electrons. The molecule has 19 heavy (non-hydrogen) atoms. The highest BCUT2D eigenvalue weighted by molar-refractivity contribution is 5.27. The van der Waals surface area contributed by atoms with Crippen LogP contribution in [0.25, 0.3) is 0 Å². The van der Waals surface area contributed by atoms with E-state index in [1.54, 1.807) is 13.3 Å². The summed E-state index contributed by atoms with van der Waals surface area (Å²) in [4.78, 5) is 4.33. The normalized spacial score (nSPS) is 27.2. The highest BCUT2D eigenvalue weighted by atomic mass is 16.5. The third-order valence-electron chi connectivity index (χ3n) is 4.31. The van der Waals surface area contributed by atoms with Crippen molar-refractivity contribution in [2.45, 2.75) is 39.0 Å². The van der Waals surface area contributed by atoms with Gasteiger partial charge in [-0.25, -0.2) is 0 Å². The van der Waals surface area contributed by atoms with Gasteiger partial charge in [-0.1, -0.05) is 20.3 Å². The SMILES string of the molecule is CCNCC1CCC(C)CC1c1cncc(OC)c1. The summed E-state index contributed by atoms with van der Waals surface area (Å²) in [6.07, 6.45) is 7.74. The third kappa shape index (κ3) is 3.69. The van der Waals surface area contributed by atoms with E-state index in [1.165, 1.54) is 24.8 Å². The highest BCUT2D eigenvalue weighted by Gasteiger charge is 2.29. The zero-order valence-corrected chi connectivity index (χ0v) is 12.4. The summed E-state index contributed by atoms with van der Waals surface area (Å²) in [5, 5.41) is 3.51. The minimum Gasteiger partial charge on any atom is -0.495 e. The van der Waals surface area contributed by atoms with Gasteiger partial charge in [0.15, 0.2) is 0 Å². The Morgan fingerprint density at radius 2 is 2.21 bits per heavy atom. The monoisotopic (exact) mass is 262 g/mol. The number of nitrogens with zero attached hydrogens (tertiary/aromatic N) is 1. The van der Waals surface area contributed by atoms with Gasteiger partial charge in [0.25, 0.3) is 0 Å². The molecule has 0 amide bonds. The Morgan fingerprint density at radius 1 is 1.37 bits per heavy atom. The lowest BCUT2D eigenvalue weighted by molar-refractivity contribution is 0.242. The second kappa shape index (κ2) is 6.90. The quantitative estimate of drug-likeness (QED) is 0.884. The number of methoxy groups -OCH3 is 1. The van der Waals surface area contributed by atoms with Crippen molar-refractivity contribution in [1.82, 2.24) is 10.3 Å². The fourth-order valence-corrected chi connectivity index (χ4v) is 3.18. The highest BCUT2D eigenvalue weighted by Crippen LogP contribution is 2.40. The number of rotatable bonds is 5. The minimum atomic E-state index is 0.616. The molecule has 1 aliphatic rings. The van der Waals surface area contributed by atoms with Crippen LogP contribution in [-0.2, 0) is 0 Å². The van der Waals surface area contributed by atoms with Crippen molar-refractivity contribution >= 4 is 0 Å². The lowest BCUT2D eigenvalue weighted by Gasteiger charge is -2.35. The smallest absolute Gasteiger partial charge is 0.137 e. The van der Waals surface area contributed by atoms with Crippen molar-refractivity contribution in [3.8, 4) is 5.75 Å². The Kier molecular flexibility index (Phi) is 5.20. The summed E-state index contributed by atoms with van der Waals surface area (Å²) in [6.45, 7) is 6.71. The van der Waals surface area contributed by atoms with Gasteiger partial charge in [0.1, 0.15) is 5.75 Å². The van der Waals surface area contributed by atoms with Crippen LogP contribution in [0.4, 0.5) is 0 Å². The molecule has 1 aromatic rings. The molecule has 0 spiro atoms. The van der Waals surface area contributed by atoms with Crippen LogP contribution in [0.15, 0.2) is 18.5 Å². The van der Waals surface area contributed by atoms with E-state index in [0.717, 1.165) is 30.7 Å². The Balaban J connectivity index is 2.15. The average molecular weight is 262 g/mol. The predicted molar refractivity (Wildman–Crippen MR) is 78.6 cm³/mol. The Bertz CT molecular complexity index is 392. The molecule has 1 aromatic heterocycles. The lowest BCUT2D eigenvalue weighted by atomic mass is 9.72. The number of nitrogens with one attached hydrogen (secondary N) is 1. The molecule has 1 fully saturated rings. The molecule has 3 heteroatoms. The van der Waals surface area contributed by atoms with Crippen LogP contribution in [0, 0.1) is 11.8 Å². The topological polar surface area (TPSA) is 34.2 Å². The third-order valence-corrected chi connectivity index (χ3v) is 4.31. The van der Waals surface area contributed by atoms with Crippen molar-refractivity contribution in [1.29, 1.82) is 0 Å². The molecule has 1 aliphatic carbocycles. The van der Waals surface area contributed by atoms with E-state index in [9.17, 15) is 0 Å². The van der Waals surface area contributed by atoms with Crippen LogP contribution in [0.3, 0.4) is 0 Å². The average Bonchev–Trinajstić information content (AvgIpc) is 2.46. The van der Waals surface area contributed by atoms with Crippen LogP contribution >= 0.6 is 0 Å². The van der Waals surface area contributed by atoms with Gasteiger partial charge in [0.2, 0.25) is 0 Å². The predicted octanol–water partition coefficient (Wildman–Crippen LogP) is 3.22. The van der Waals surface area contributed by atoms with Crippen LogP contribution < -0.4 is 10.1 Å². The van der Waals surface area contributed by atoms with Gasteiger partial charge in [-0.3, -0.25) is 4.98 Å². The van der Waals surface area contributed by atoms with Gasteiger partial charge in [-0.2, -0.15) is 0 Å². The van der Waals surface area contributed by atoms with E-state index in [2.05, 4.69) is 30.2 Å². The molecule has 0 saturated heterocycles. The molecule has 1 N–H and O–H groups in total. The summed E-state index contributed by atoms with van der Waals surface area (Å²) in [5.41, 5.74) is 1.34. The van der Waals surface area contributed by atoms with Gasteiger partial charge in [-0.15, -0.1) is 0 Å². The molecular weight excluding hydrogens is 236 g/mol. The number of ether oxygens (including phenoxy) is 1. The van der Waals surface area contributed by atoms with E-state index >= 15 is 0 Å². The maximum Gasteiger partial charge on any atom is 0.137 e. The number of pyridine rings is 1. The first-order valence-corrected chi connectivity index (χ1v) is 7.44. The van der Waals surface area contributed by atoms with Gasteiger partial charge < -0.3 is 10.1 Å². The Labute approximate surface area is 116 Å². The Hall–Kier alpha value is -1.09. The molecule has 0 aliphatic heterocycles. The molecule has 1 saturated carbocycles. The molecule has 0 aromatic carbocycles. The van der Waals surface area contributed by atoms with Crippen molar-refractivity contribution < 1.29 is 4.74 Å². The van der Waals surface area contributed by atoms with Crippen LogP contribution in [0.1, 0.15) is 44.6 Å². The van der Waals surface area contributed by atoms with Crippen molar-refractivity contribution in [2.75, 3.05) is 20.2 Å². The molecule has 0 bridgehead atoms. The zero-order chi connectivity index (χ0) is 13.7. The van der Waals surface area contributed by atoms with Crippen molar-refractivity contribution in [3.63, 3.8) is 0 Å². The largest absolute Gasteiger partial charge is 0.495 e. The Morgan fingerprint density at radius 3 is 2.95 bits per heavy atom. The van der Waals surface area contributed by atoms with Crippen molar-refractivity contribution in [3.05, 3.63) is 24.0 Å². The van der Waals surface area contributed by atoms with Gasteiger partial charge in [0, 0.05) is 6.20 Å². The first-order chi connectivity index (χ1) is 9.24. The minimum absolute atomic E-state index is 0.616. The zero-order valence-electron chi connectivity index (χ0n) is 12.4. The maximum absolute atomic E-state index is 5.31. The molecule has 2 rings (SSSR count). The second-order valence-corrected chi connectivity index (χ2v) is 5.75. The number of hydrogen-bond acceptors (Lipinski definition) is 3. The summed E-state index contributed by atoms with van der Waals surface area (Å²) in [7, 11) is 1.71. The van der Waals surface area contributed by atoms with Crippen molar-refractivity contribution in [2.24, 2.45) is 11.8 Å². The van der Waals surface area contributed by atoms with Gasteiger partial charge in [0.05, 0.1) is 13.3 Å². The van der Waals surface area contributed by atoms with E-state index in [0.29, 0.717) is 5.92 Å². The molecular formula is C16H26N2O. The van der Waals surface area contributed by atoms with E-state index in [-0.39, 0.29) is 0 Å². The molecule has 3 unspecified atom stereocenters. The van der Waals surface area contributed by atoms with E-state index < -0.39 is 0 Å². The number of hydrogen-bond donors (Lipinski definition) is 1. The van der Waals surface area contributed by atoms with Crippen LogP contribution in [0.5, 0.6) is 5.75 Å². The molecule has 3 nitrogen and oxygen atoms in total. The lowest BCUT2D eigenvalue weighted by Crippen LogP contribution is -2.31. The van der Waals surface area contributed by atoms with E-state index in [1.807, 2.05) is 6.20 Å². The first kappa shape index (κ1) is 14.3. The molecule has 106 valence electrons.